The summed E-state index contributed by atoms with van der Waals surface area (Å²) in [6, 6.07) is 0. The number of hydrogen-bond acceptors (Lipinski definition) is 1. The van der Waals surface area contributed by atoms with Gasteiger partial charge in [-0.15, -0.1) is 0 Å². The van der Waals surface area contributed by atoms with E-state index in [1.54, 1.807) is 0 Å². The van der Waals surface area contributed by atoms with Crippen molar-refractivity contribution in [1.29, 1.82) is 0 Å². The van der Waals surface area contributed by atoms with Crippen molar-refractivity contribution in [1.82, 2.24) is 0 Å². The maximum atomic E-state index is 8.69. The zero-order valence-corrected chi connectivity index (χ0v) is 17.5. The second kappa shape index (κ2) is 24.0. The summed E-state index contributed by atoms with van der Waals surface area (Å²) in [5.41, 5.74) is 0. The number of hydrogen-bond donors (Lipinski definition) is 1. The molecule has 0 saturated heterocycles. The fraction of sp³-hybridized carbons (Fsp3) is 1.00. The third-order valence-corrected chi connectivity index (χ3v) is 4.51. The van der Waals surface area contributed by atoms with Crippen LogP contribution < -0.4 is 0 Å². The van der Waals surface area contributed by atoms with Crippen molar-refractivity contribution in [3.05, 3.63) is 0 Å². The van der Waals surface area contributed by atoms with Crippen molar-refractivity contribution >= 4 is 0 Å². The molecule has 2 heteroatoms. The first kappa shape index (κ1) is 24.9. The molecule has 0 aliphatic rings. The Morgan fingerprint density at radius 3 is 0.864 bits per heavy atom. The fourth-order valence-corrected chi connectivity index (χ4v) is 3.01. The predicted octanol–water partition coefficient (Wildman–Crippen LogP) is 7.02. The molecule has 0 aromatic carbocycles. The average Bonchev–Trinajstić information content (AvgIpc) is 2.50. The Bertz CT molecular complexity index is 155. The van der Waals surface area contributed by atoms with Crippen LogP contribution in [0.5, 0.6) is 0 Å². The molecule has 0 atom stereocenters. The normalized spacial score (nSPS) is 10.6. The summed E-state index contributed by atoms with van der Waals surface area (Å²) in [5.74, 6) is 0. The van der Waals surface area contributed by atoms with E-state index in [1.807, 2.05) is 0 Å². The van der Waals surface area contributed by atoms with E-state index in [0.717, 1.165) is 6.42 Å². The van der Waals surface area contributed by atoms with E-state index in [4.69, 9.17) is 5.11 Å². The minimum Gasteiger partial charge on any atom is -0.396 e. The van der Waals surface area contributed by atoms with Crippen LogP contribution in [0.15, 0.2) is 0 Å². The molecule has 0 fully saturated rings. The third kappa shape index (κ3) is 23.0. The van der Waals surface area contributed by atoms with Crippen molar-refractivity contribution < 1.29 is 27.5 Å². The maximum Gasteiger partial charge on any atom is 0.0431 e. The van der Waals surface area contributed by atoms with Gasteiger partial charge in [-0.2, -0.15) is 0 Å². The van der Waals surface area contributed by atoms with E-state index in [0.29, 0.717) is 6.61 Å². The van der Waals surface area contributed by atoms with Gasteiger partial charge in [-0.3, -0.25) is 0 Å². The summed E-state index contributed by atoms with van der Waals surface area (Å²) in [6.07, 6.45) is 25.1. The van der Waals surface area contributed by atoms with Crippen LogP contribution in [0.4, 0.5) is 0 Å². The van der Waals surface area contributed by atoms with Gasteiger partial charge in [0.1, 0.15) is 0 Å². The van der Waals surface area contributed by atoms with Gasteiger partial charge in [0.25, 0.3) is 0 Å². The number of aliphatic hydroxyl groups is 1. The Labute approximate surface area is 156 Å². The first-order valence-corrected chi connectivity index (χ1v) is 10.0. The predicted molar refractivity (Wildman–Crippen MR) is 95.9 cm³/mol. The largest absolute Gasteiger partial charge is 0.396 e. The minimum atomic E-state index is 0. The molecular weight excluding hydrogens is 349 g/mol. The average molecular weight is 391 g/mol. The molecule has 1 radical (unpaired) electrons. The van der Waals surface area contributed by atoms with E-state index in [1.165, 1.54) is 109 Å². The van der Waals surface area contributed by atoms with Crippen molar-refractivity contribution in [3.63, 3.8) is 0 Å². The molecule has 0 spiro atoms. The summed E-state index contributed by atoms with van der Waals surface area (Å²) in [5, 5.41) is 8.69. The van der Waals surface area contributed by atoms with Crippen LogP contribution in [-0.4, -0.2) is 11.7 Å². The zero-order valence-electron chi connectivity index (χ0n) is 15.3. The molecule has 0 bridgehead atoms. The van der Waals surface area contributed by atoms with Crippen LogP contribution >= 0.6 is 0 Å². The summed E-state index contributed by atoms with van der Waals surface area (Å²) in [6.45, 7) is 2.66. The molecule has 22 heavy (non-hydrogen) atoms. The Hall–Kier alpha value is 0.700. The summed E-state index contributed by atoms with van der Waals surface area (Å²) >= 11 is 0. The van der Waals surface area contributed by atoms with E-state index in [2.05, 4.69) is 6.92 Å². The monoisotopic (exact) mass is 391 g/mol. The Morgan fingerprint density at radius 1 is 0.409 bits per heavy atom. The number of rotatable bonds is 18. The van der Waals surface area contributed by atoms with Crippen molar-refractivity contribution in [2.75, 3.05) is 6.61 Å². The van der Waals surface area contributed by atoms with Crippen LogP contribution in [0.2, 0.25) is 0 Å². The number of unbranched alkanes of at least 4 members (excludes halogenated alkanes) is 17. The third-order valence-electron chi connectivity index (χ3n) is 4.51. The Morgan fingerprint density at radius 2 is 0.636 bits per heavy atom. The van der Waals surface area contributed by atoms with Gasteiger partial charge < -0.3 is 5.11 Å². The van der Waals surface area contributed by atoms with Crippen molar-refractivity contribution in [2.45, 2.75) is 122 Å². The van der Waals surface area contributed by atoms with Gasteiger partial charge in [0.05, 0.1) is 0 Å². The molecule has 0 saturated carbocycles. The van der Waals surface area contributed by atoms with Gasteiger partial charge in [0, 0.05) is 29.0 Å². The van der Waals surface area contributed by atoms with Crippen LogP contribution in [-0.2, 0) is 22.4 Å². The fourth-order valence-electron chi connectivity index (χ4n) is 3.01. The Kier molecular flexibility index (Phi) is 27.2. The van der Waals surface area contributed by atoms with Crippen molar-refractivity contribution in [2.24, 2.45) is 0 Å². The second-order valence-corrected chi connectivity index (χ2v) is 6.73. The molecule has 0 aromatic rings. The second-order valence-electron chi connectivity index (χ2n) is 6.73. The Balaban J connectivity index is 0. The zero-order chi connectivity index (χ0) is 15.4. The van der Waals surface area contributed by atoms with Crippen LogP contribution in [0.25, 0.3) is 0 Å². The standard InChI is InChI=1S/C20H42O.Nb/c1-2-3-4-5-6-7-8-9-10-11-12-13-14-15-16-17-18-19-20-21;/h21H,2-20H2,1H3;. The van der Waals surface area contributed by atoms with Gasteiger partial charge in [-0.05, 0) is 6.42 Å². The molecule has 1 N–H and O–H groups in total. The van der Waals surface area contributed by atoms with Gasteiger partial charge in [0.2, 0.25) is 0 Å². The molecule has 0 heterocycles. The molecule has 1 nitrogen and oxygen atoms in total. The minimum absolute atomic E-state index is 0. The quantitative estimate of drug-likeness (QED) is 0.197. The van der Waals surface area contributed by atoms with Gasteiger partial charge >= 0.3 is 0 Å². The summed E-state index contributed by atoms with van der Waals surface area (Å²) in [4.78, 5) is 0. The molecule has 0 rings (SSSR count). The first-order valence-electron chi connectivity index (χ1n) is 10.0. The molecule has 0 unspecified atom stereocenters. The van der Waals surface area contributed by atoms with E-state index in [-0.39, 0.29) is 22.4 Å². The molecule has 0 aliphatic carbocycles. The molecular formula is C20H42NbO. The molecule has 0 aliphatic heterocycles. The molecule has 133 valence electrons. The van der Waals surface area contributed by atoms with E-state index >= 15 is 0 Å². The van der Waals surface area contributed by atoms with Crippen LogP contribution in [0.1, 0.15) is 122 Å². The van der Waals surface area contributed by atoms with E-state index in [9.17, 15) is 0 Å². The van der Waals surface area contributed by atoms with Gasteiger partial charge in [-0.25, -0.2) is 0 Å². The summed E-state index contributed by atoms with van der Waals surface area (Å²) in [7, 11) is 0. The van der Waals surface area contributed by atoms with Crippen LogP contribution in [0.3, 0.4) is 0 Å². The summed E-state index contributed by atoms with van der Waals surface area (Å²) < 4.78 is 0. The van der Waals surface area contributed by atoms with Gasteiger partial charge in [-0.1, -0.05) is 116 Å². The van der Waals surface area contributed by atoms with Crippen LogP contribution in [0, 0.1) is 0 Å². The molecule has 0 amide bonds. The van der Waals surface area contributed by atoms with E-state index < -0.39 is 0 Å². The first-order chi connectivity index (χ1) is 10.4. The smallest absolute Gasteiger partial charge is 0.0431 e. The van der Waals surface area contributed by atoms with Crippen molar-refractivity contribution in [3.8, 4) is 0 Å². The molecule has 0 aromatic heterocycles. The maximum absolute atomic E-state index is 8.69. The SMILES string of the molecule is CCCCCCCCCCCCCCCCCCCCO.[Nb]. The van der Waals surface area contributed by atoms with Gasteiger partial charge in [0.15, 0.2) is 0 Å². The topological polar surface area (TPSA) is 20.2 Å². The number of aliphatic hydroxyl groups excluding tert-OH is 1.